The lowest BCUT2D eigenvalue weighted by Crippen LogP contribution is -2.40. The standard InChI is InChI=1S/C25H29N3O3/c1-16-7-10-19(15-17(16)2)28-14-13-21(23(26)24(27)29)22(25(28)30)6-4-5-18-8-11-20(31-3)12-9-18/h7-12,15,26H,4-6,13-14H2,1-3H3,(H2,27,29). The number of ether oxygens (including phenoxy) is 1. The van der Waals surface area contributed by atoms with Gasteiger partial charge in [0.1, 0.15) is 11.5 Å². The first kappa shape index (κ1) is 22.3. The van der Waals surface area contributed by atoms with Crippen LogP contribution in [0.25, 0.3) is 0 Å². The average Bonchev–Trinajstić information content (AvgIpc) is 2.76. The molecule has 1 heterocycles. The van der Waals surface area contributed by atoms with Gasteiger partial charge in [0, 0.05) is 17.8 Å². The zero-order chi connectivity index (χ0) is 22.5. The van der Waals surface area contributed by atoms with Gasteiger partial charge >= 0.3 is 0 Å². The second-order valence-electron chi connectivity index (χ2n) is 7.87. The van der Waals surface area contributed by atoms with E-state index >= 15 is 0 Å². The van der Waals surface area contributed by atoms with Crippen molar-refractivity contribution in [3.8, 4) is 5.75 Å². The Labute approximate surface area is 183 Å². The van der Waals surface area contributed by atoms with Crippen molar-refractivity contribution in [1.29, 1.82) is 5.41 Å². The summed E-state index contributed by atoms with van der Waals surface area (Å²) < 4.78 is 5.19. The Morgan fingerprint density at radius 2 is 1.81 bits per heavy atom. The molecule has 0 aliphatic carbocycles. The van der Waals surface area contributed by atoms with Crippen molar-refractivity contribution < 1.29 is 14.3 Å². The van der Waals surface area contributed by atoms with Gasteiger partial charge in [-0.3, -0.25) is 15.0 Å². The summed E-state index contributed by atoms with van der Waals surface area (Å²) in [6, 6.07) is 13.8. The number of hydrogen-bond donors (Lipinski definition) is 2. The number of nitrogens with two attached hydrogens (primary N) is 1. The number of carbonyl (C=O) groups excluding carboxylic acids is 2. The van der Waals surface area contributed by atoms with Gasteiger partial charge in [0.2, 0.25) is 0 Å². The molecule has 2 amide bonds. The third-order valence-corrected chi connectivity index (χ3v) is 5.85. The highest BCUT2D eigenvalue weighted by Crippen LogP contribution is 2.30. The summed E-state index contributed by atoms with van der Waals surface area (Å²) in [5.74, 6) is -0.143. The molecule has 0 aromatic heterocycles. The average molecular weight is 420 g/mol. The van der Waals surface area contributed by atoms with Crippen LogP contribution in [0.1, 0.15) is 36.0 Å². The maximum Gasteiger partial charge on any atom is 0.266 e. The first-order valence-electron chi connectivity index (χ1n) is 10.4. The number of primary amides is 1. The smallest absolute Gasteiger partial charge is 0.266 e. The van der Waals surface area contributed by atoms with Crippen LogP contribution in [0.15, 0.2) is 53.6 Å². The summed E-state index contributed by atoms with van der Waals surface area (Å²) in [7, 11) is 1.63. The second-order valence-corrected chi connectivity index (χ2v) is 7.87. The van der Waals surface area contributed by atoms with Gasteiger partial charge in [-0.1, -0.05) is 18.2 Å². The Hall–Kier alpha value is -3.41. The van der Waals surface area contributed by atoms with Gasteiger partial charge in [0.05, 0.1) is 7.11 Å². The van der Waals surface area contributed by atoms with Crippen molar-refractivity contribution in [2.45, 2.75) is 39.5 Å². The maximum absolute atomic E-state index is 13.4. The van der Waals surface area contributed by atoms with Crippen molar-refractivity contribution in [3.63, 3.8) is 0 Å². The van der Waals surface area contributed by atoms with E-state index in [4.69, 9.17) is 15.9 Å². The number of amides is 2. The minimum atomic E-state index is -0.796. The molecule has 3 N–H and O–H groups in total. The van der Waals surface area contributed by atoms with Crippen LogP contribution < -0.4 is 15.4 Å². The molecule has 3 rings (SSSR count). The van der Waals surface area contributed by atoms with Gasteiger partial charge in [-0.05, 0) is 86.1 Å². The van der Waals surface area contributed by atoms with Gasteiger partial charge in [0.15, 0.2) is 0 Å². The summed E-state index contributed by atoms with van der Waals surface area (Å²) in [5.41, 5.74) is 10.4. The van der Waals surface area contributed by atoms with Crippen LogP contribution in [0.4, 0.5) is 5.69 Å². The monoisotopic (exact) mass is 419 g/mol. The van der Waals surface area contributed by atoms with E-state index in [0.717, 1.165) is 35.4 Å². The van der Waals surface area contributed by atoms with E-state index < -0.39 is 5.91 Å². The lowest BCUT2D eigenvalue weighted by atomic mass is 9.90. The number of hydrogen-bond acceptors (Lipinski definition) is 4. The van der Waals surface area contributed by atoms with E-state index in [-0.39, 0.29) is 11.6 Å². The molecule has 31 heavy (non-hydrogen) atoms. The van der Waals surface area contributed by atoms with E-state index in [0.29, 0.717) is 30.5 Å². The first-order chi connectivity index (χ1) is 14.8. The van der Waals surface area contributed by atoms with Crippen LogP contribution in [0.2, 0.25) is 0 Å². The molecular weight excluding hydrogens is 390 g/mol. The van der Waals surface area contributed by atoms with E-state index in [1.165, 1.54) is 5.56 Å². The molecule has 0 spiro atoms. The summed E-state index contributed by atoms with van der Waals surface area (Å²) in [4.78, 5) is 26.8. The molecule has 1 aliphatic heterocycles. The number of carbonyl (C=O) groups is 2. The van der Waals surface area contributed by atoms with Crippen LogP contribution in [0.5, 0.6) is 5.75 Å². The SMILES string of the molecule is COc1ccc(CCCC2=C(C(=N)C(N)=O)CCN(c3ccc(C)c(C)c3)C2=O)cc1. The van der Waals surface area contributed by atoms with Gasteiger partial charge in [0.25, 0.3) is 11.8 Å². The predicted octanol–water partition coefficient (Wildman–Crippen LogP) is 3.87. The van der Waals surface area contributed by atoms with Crippen LogP contribution >= 0.6 is 0 Å². The van der Waals surface area contributed by atoms with Crippen molar-refractivity contribution in [2.75, 3.05) is 18.6 Å². The topological polar surface area (TPSA) is 96.5 Å². The van der Waals surface area contributed by atoms with Crippen molar-refractivity contribution in [2.24, 2.45) is 5.73 Å². The highest BCUT2D eigenvalue weighted by Gasteiger charge is 2.30. The largest absolute Gasteiger partial charge is 0.497 e. The number of anilines is 1. The summed E-state index contributed by atoms with van der Waals surface area (Å²) in [5, 5.41) is 8.12. The fourth-order valence-electron chi connectivity index (χ4n) is 3.85. The third kappa shape index (κ3) is 5.02. The summed E-state index contributed by atoms with van der Waals surface area (Å²) >= 11 is 0. The number of nitrogens with one attached hydrogen (secondary N) is 1. The fraction of sp³-hybridized carbons (Fsp3) is 0.320. The number of benzene rings is 2. The highest BCUT2D eigenvalue weighted by atomic mass is 16.5. The van der Waals surface area contributed by atoms with Gasteiger partial charge in [-0.15, -0.1) is 0 Å². The second kappa shape index (κ2) is 9.60. The van der Waals surface area contributed by atoms with Crippen molar-refractivity contribution >= 4 is 23.2 Å². The molecule has 6 heteroatoms. The highest BCUT2D eigenvalue weighted by molar-refractivity contribution is 6.44. The Bertz CT molecular complexity index is 1040. The van der Waals surface area contributed by atoms with E-state index in [2.05, 4.69) is 0 Å². The van der Waals surface area contributed by atoms with Crippen LogP contribution in [0, 0.1) is 19.3 Å². The summed E-state index contributed by atoms with van der Waals surface area (Å²) in [6.07, 6.45) is 2.43. The third-order valence-electron chi connectivity index (χ3n) is 5.85. The quantitative estimate of drug-likeness (QED) is 0.636. The normalized spacial score (nSPS) is 14.0. The lowest BCUT2D eigenvalue weighted by molar-refractivity contribution is -0.115. The molecule has 0 fully saturated rings. The number of nitrogens with zero attached hydrogens (tertiary/aromatic N) is 1. The minimum Gasteiger partial charge on any atom is -0.497 e. The lowest BCUT2D eigenvalue weighted by Gasteiger charge is -2.31. The molecular formula is C25H29N3O3. The van der Waals surface area contributed by atoms with Crippen molar-refractivity contribution in [1.82, 2.24) is 0 Å². The number of aryl methyl sites for hydroxylation is 3. The van der Waals surface area contributed by atoms with E-state index in [1.807, 2.05) is 56.3 Å². The molecule has 0 bridgehead atoms. The Kier molecular flexibility index (Phi) is 6.90. The minimum absolute atomic E-state index is 0.148. The fourth-order valence-corrected chi connectivity index (χ4v) is 3.85. The molecule has 0 unspecified atom stereocenters. The molecule has 0 radical (unpaired) electrons. The van der Waals surface area contributed by atoms with Gasteiger partial charge in [-0.2, -0.15) is 0 Å². The number of rotatable bonds is 8. The molecule has 0 saturated heterocycles. The molecule has 2 aromatic rings. The Balaban J connectivity index is 1.82. The zero-order valence-electron chi connectivity index (χ0n) is 18.3. The summed E-state index contributed by atoms with van der Waals surface area (Å²) in [6.45, 7) is 4.48. The van der Waals surface area contributed by atoms with E-state index in [9.17, 15) is 9.59 Å². The molecule has 2 aromatic carbocycles. The maximum atomic E-state index is 13.4. The van der Waals surface area contributed by atoms with Crippen LogP contribution in [-0.2, 0) is 16.0 Å². The van der Waals surface area contributed by atoms with Gasteiger partial charge < -0.3 is 15.4 Å². The zero-order valence-corrected chi connectivity index (χ0v) is 18.3. The molecule has 0 atom stereocenters. The number of methoxy groups -OCH3 is 1. The molecule has 6 nitrogen and oxygen atoms in total. The van der Waals surface area contributed by atoms with Crippen molar-refractivity contribution in [3.05, 3.63) is 70.3 Å². The Morgan fingerprint density at radius 1 is 1.10 bits per heavy atom. The van der Waals surface area contributed by atoms with Gasteiger partial charge in [-0.25, -0.2) is 0 Å². The molecule has 0 saturated carbocycles. The first-order valence-corrected chi connectivity index (χ1v) is 10.4. The predicted molar refractivity (Wildman–Crippen MR) is 123 cm³/mol. The van der Waals surface area contributed by atoms with E-state index in [1.54, 1.807) is 12.0 Å². The molecule has 1 aliphatic rings. The van der Waals surface area contributed by atoms with Crippen LogP contribution in [0.3, 0.4) is 0 Å². The molecule has 162 valence electrons. The van der Waals surface area contributed by atoms with Crippen LogP contribution in [-0.4, -0.2) is 31.2 Å². The Morgan fingerprint density at radius 3 is 2.42 bits per heavy atom.